The maximum absolute atomic E-state index is 12.6. The van der Waals surface area contributed by atoms with Crippen LogP contribution in [0.3, 0.4) is 0 Å². The molecule has 0 aromatic heterocycles. The van der Waals surface area contributed by atoms with Gasteiger partial charge in [0.2, 0.25) is 0 Å². The fourth-order valence-corrected chi connectivity index (χ4v) is 2.30. The molecule has 1 aromatic carbocycles. The Kier molecular flexibility index (Phi) is 6.31. The second-order valence-electron chi connectivity index (χ2n) is 4.65. The number of benzene rings is 1. The number of amides is 1. The second-order valence-corrected chi connectivity index (χ2v) is 4.65. The number of anilines is 1. The van der Waals surface area contributed by atoms with Crippen molar-refractivity contribution in [2.75, 3.05) is 26.0 Å². The largest absolute Gasteiger partial charge is 0.495 e. The molecule has 1 amide bonds. The Morgan fingerprint density at radius 2 is 2.05 bits per heavy atom. The molecule has 0 bridgehead atoms. The van der Waals surface area contributed by atoms with Gasteiger partial charge in [-0.25, -0.2) is 0 Å². The summed E-state index contributed by atoms with van der Waals surface area (Å²) in [6.45, 7) is 4.36. The summed E-state index contributed by atoms with van der Waals surface area (Å²) in [5.41, 5.74) is 6.78. The van der Waals surface area contributed by atoms with Crippen LogP contribution in [-0.2, 0) is 0 Å². The van der Waals surface area contributed by atoms with E-state index in [1.54, 1.807) is 23.1 Å². The van der Waals surface area contributed by atoms with E-state index in [1.807, 2.05) is 13.8 Å². The average molecular weight is 280 g/mol. The molecule has 0 aliphatic heterocycles. The van der Waals surface area contributed by atoms with Gasteiger partial charge in [0.15, 0.2) is 0 Å². The number of carbonyl (C=O) groups is 1. The van der Waals surface area contributed by atoms with Gasteiger partial charge in [-0.2, -0.15) is 0 Å². The molecule has 5 heteroatoms. The van der Waals surface area contributed by atoms with E-state index in [9.17, 15) is 9.90 Å². The van der Waals surface area contributed by atoms with Gasteiger partial charge in [-0.05, 0) is 31.0 Å². The molecule has 3 N–H and O–H groups in total. The molecule has 0 atom stereocenters. The van der Waals surface area contributed by atoms with E-state index in [-0.39, 0.29) is 18.6 Å². The third-order valence-corrected chi connectivity index (χ3v) is 3.47. The highest BCUT2D eigenvalue weighted by atomic mass is 16.5. The number of hydrogen-bond donors (Lipinski definition) is 2. The van der Waals surface area contributed by atoms with Crippen LogP contribution in [-0.4, -0.2) is 42.2 Å². The zero-order valence-corrected chi connectivity index (χ0v) is 12.4. The van der Waals surface area contributed by atoms with Gasteiger partial charge in [-0.15, -0.1) is 0 Å². The number of ether oxygens (including phenoxy) is 1. The summed E-state index contributed by atoms with van der Waals surface area (Å²) in [5, 5.41) is 9.18. The van der Waals surface area contributed by atoms with Crippen molar-refractivity contribution in [2.24, 2.45) is 0 Å². The van der Waals surface area contributed by atoms with Crippen molar-refractivity contribution in [3.05, 3.63) is 23.8 Å². The first-order valence-corrected chi connectivity index (χ1v) is 6.94. The summed E-state index contributed by atoms with van der Waals surface area (Å²) in [7, 11) is 1.52. The SMILES string of the molecule is CCC(CC)N(CCO)C(=O)c1ccc(N)c(OC)c1. The lowest BCUT2D eigenvalue weighted by molar-refractivity contribution is 0.0622. The van der Waals surface area contributed by atoms with E-state index in [2.05, 4.69) is 0 Å². The number of aliphatic hydroxyl groups is 1. The van der Waals surface area contributed by atoms with Crippen molar-refractivity contribution in [1.82, 2.24) is 4.90 Å². The summed E-state index contributed by atoms with van der Waals surface area (Å²) in [6.07, 6.45) is 1.71. The van der Waals surface area contributed by atoms with Gasteiger partial charge < -0.3 is 20.5 Å². The van der Waals surface area contributed by atoms with E-state index < -0.39 is 0 Å². The van der Waals surface area contributed by atoms with Crippen molar-refractivity contribution in [3.8, 4) is 5.75 Å². The zero-order chi connectivity index (χ0) is 15.1. The van der Waals surface area contributed by atoms with Gasteiger partial charge in [0, 0.05) is 18.2 Å². The van der Waals surface area contributed by atoms with Crippen LogP contribution in [0.4, 0.5) is 5.69 Å². The molecule has 0 unspecified atom stereocenters. The molecule has 1 aromatic rings. The topological polar surface area (TPSA) is 75.8 Å². The number of hydrogen-bond acceptors (Lipinski definition) is 4. The third kappa shape index (κ3) is 3.63. The number of rotatable bonds is 7. The highest BCUT2D eigenvalue weighted by Crippen LogP contribution is 2.24. The van der Waals surface area contributed by atoms with E-state index in [0.29, 0.717) is 23.5 Å². The monoisotopic (exact) mass is 280 g/mol. The first-order valence-electron chi connectivity index (χ1n) is 6.94. The van der Waals surface area contributed by atoms with Gasteiger partial charge in [0.1, 0.15) is 5.75 Å². The molecular formula is C15H24N2O3. The van der Waals surface area contributed by atoms with Crippen LogP contribution in [0.15, 0.2) is 18.2 Å². The van der Waals surface area contributed by atoms with Crippen LogP contribution < -0.4 is 10.5 Å². The fourth-order valence-electron chi connectivity index (χ4n) is 2.30. The van der Waals surface area contributed by atoms with Crippen LogP contribution in [0, 0.1) is 0 Å². The van der Waals surface area contributed by atoms with Crippen molar-refractivity contribution in [2.45, 2.75) is 32.7 Å². The number of nitrogens with zero attached hydrogens (tertiary/aromatic N) is 1. The molecule has 112 valence electrons. The first kappa shape index (κ1) is 16.3. The molecule has 0 heterocycles. The van der Waals surface area contributed by atoms with Crippen molar-refractivity contribution < 1.29 is 14.6 Å². The summed E-state index contributed by atoms with van der Waals surface area (Å²) in [5.74, 6) is 0.385. The maximum Gasteiger partial charge on any atom is 0.254 e. The minimum Gasteiger partial charge on any atom is -0.495 e. The molecule has 0 spiro atoms. The van der Waals surface area contributed by atoms with Gasteiger partial charge in [-0.1, -0.05) is 13.8 Å². The minimum absolute atomic E-state index is 0.0473. The molecule has 20 heavy (non-hydrogen) atoms. The lowest BCUT2D eigenvalue weighted by Gasteiger charge is -2.30. The molecule has 0 radical (unpaired) electrons. The Hall–Kier alpha value is -1.75. The van der Waals surface area contributed by atoms with Crippen LogP contribution in [0.25, 0.3) is 0 Å². The van der Waals surface area contributed by atoms with Crippen LogP contribution in [0.5, 0.6) is 5.75 Å². The number of methoxy groups -OCH3 is 1. The third-order valence-electron chi connectivity index (χ3n) is 3.47. The molecule has 0 saturated carbocycles. The maximum atomic E-state index is 12.6. The lowest BCUT2D eigenvalue weighted by atomic mass is 10.1. The zero-order valence-electron chi connectivity index (χ0n) is 12.4. The Balaban J connectivity index is 3.05. The second kappa shape index (κ2) is 7.75. The average Bonchev–Trinajstić information content (AvgIpc) is 2.47. The molecule has 5 nitrogen and oxygen atoms in total. The minimum atomic E-state index is -0.106. The Morgan fingerprint density at radius 3 is 2.55 bits per heavy atom. The fraction of sp³-hybridized carbons (Fsp3) is 0.533. The quantitative estimate of drug-likeness (QED) is 0.748. The Bertz CT molecular complexity index is 445. The molecule has 0 saturated heterocycles. The number of nitrogens with two attached hydrogens (primary N) is 1. The van der Waals surface area contributed by atoms with E-state index in [4.69, 9.17) is 10.5 Å². The van der Waals surface area contributed by atoms with Gasteiger partial charge in [0.25, 0.3) is 5.91 Å². The van der Waals surface area contributed by atoms with Crippen molar-refractivity contribution in [3.63, 3.8) is 0 Å². The lowest BCUT2D eigenvalue weighted by Crippen LogP contribution is -2.41. The van der Waals surface area contributed by atoms with Crippen molar-refractivity contribution >= 4 is 11.6 Å². The summed E-state index contributed by atoms with van der Waals surface area (Å²) in [4.78, 5) is 14.3. The Morgan fingerprint density at radius 1 is 1.40 bits per heavy atom. The normalized spacial score (nSPS) is 10.7. The van der Waals surface area contributed by atoms with Crippen LogP contribution in [0.2, 0.25) is 0 Å². The molecule has 0 fully saturated rings. The molecular weight excluding hydrogens is 256 g/mol. The smallest absolute Gasteiger partial charge is 0.254 e. The number of aliphatic hydroxyl groups excluding tert-OH is 1. The van der Waals surface area contributed by atoms with Gasteiger partial charge >= 0.3 is 0 Å². The predicted octanol–water partition coefficient (Wildman–Crippen LogP) is 1.90. The molecule has 1 rings (SSSR count). The summed E-state index contributed by atoms with van der Waals surface area (Å²) >= 11 is 0. The van der Waals surface area contributed by atoms with E-state index in [0.717, 1.165) is 12.8 Å². The Labute approximate surface area is 120 Å². The molecule has 0 aliphatic rings. The highest BCUT2D eigenvalue weighted by Gasteiger charge is 2.22. The van der Waals surface area contributed by atoms with Gasteiger partial charge in [0.05, 0.1) is 19.4 Å². The predicted molar refractivity (Wildman–Crippen MR) is 79.9 cm³/mol. The van der Waals surface area contributed by atoms with Crippen molar-refractivity contribution in [1.29, 1.82) is 0 Å². The number of nitrogen functional groups attached to an aromatic ring is 1. The van der Waals surface area contributed by atoms with E-state index in [1.165, 1.54) is 7.11 Å². The number of carbonyl (C=O) groups excluding carboxylic acids is 1. The van der Waals surface area contributed by atoms with Crippen LogP contribution >= 0.6 is 0 Å². The highest BCUT2D eigenvalue weighted by molar-refractivity contribution is 5.95. The summed E-state index contributed by atoms with van der Waals surface area (Å²) < 4.78 is 5.14. The van der Waals surface area contributed by atoms with E-state index >= 15 is 0 Å². The first-order chi connectivity index (χ1) is 9.58. The summed E-state index contributed by atoms with van der Waals surface area (Å²) in [6, 6.07) is 5.12. The van der Waals surface area contributed by atoms with Gasteiger partial charge in [-0.3, -0.25) is 4.79 Å². The van der Waals surface area contributed by atoms with Crippen LogP contribution in [0.1, 0.15) is 37.0 Å². The standard InChI is InChI=1S/C15H24N2O3/c1-4-12(5-2)17(8-9-18)15(19)11-6-7-13(16)14(10-11)20-3/h6-7,10,12,18H,4-5,8-9,16H2,1-3H3. The molecule has 0 aliphatic carbocycles.